The van der Waals surface area contributed by atoms with Gasteiger partial charge in [-0.25, -0.2) is 8.78 Å². The molecule has 3 nitrogen and oxygen atoms in total. The number of aliphatic hydroxyl groups is 1. The smallest absolute Gasteiger partial charge is 0.305 e. The van der Waals surface area contributed by atoms with E-state index in [-0.39, 0.29) is 18.4 Å². The average Bonchev–Trinajstić information content (AvgIpc) is 2.29. The van der Waals surface area contributed by atoms with Crippen molar-refractivity contribution >= 4 is 5.97 Å². The van der Waals surface area contributed by atoms with Crippen LogP contribution in [0.3, 0.4) is 0 Å². The third kappa shape index (κ3) is 3.27. The summed E-state index contributed by atoms with van der Waals surface area (Å²) in [4.78, 5) is 10.8. The zero-order valence-electron chi connectivity index (χ0n) is 8.74. The van der Waals surface area contributed by atoms with Gasteiger partial charge in [-0.1, -0.05) is 6.07 Å². The molecule has 88 valence electrons. The number of carbonyl (C=O) groups is 1. The number of methoxy groups -OCH3 is 1. The lowest BCUT2D eigenvalue weighted by Gasteiger charge is -2.10. The summed E-state index contributed by atoms with van der Waals surface area (Å²) in [6, 6.07) is 3.13. The van der Waals surface area contributed by atoms with Crippen LogP contribution < -0.4 is 0 Å². The molecule has 1 atom stereocenters. The summed E-state index contributed by atoms with van der Waals surface area (Å²) < 4.78 is 29.8. The van der Waals surface area contributed by atoms with E-state index in [2.05, 4.69) is 4.74 Å². The van der Waals surface area contributed by atoms with E-state index in [1.54, 1.807) is 0 Å². The maximum absolute atomic E-state index is 12.8. The van der Waals surface area contributed by atoms with E-state index in [4.69, 9.17) is 0 Å². The molecule has 0 saturated heterocycles. The fourth-order valence-corrected chi connectivity index (χ4v) is 1.24. The highest BCUT2D eigenvalue weighted by Crippen LogP contribution is 2.20. The van der Waals surface area contributed by atoms with Crippen LogP contribution in [0, 0.1) is 11.6 Å². The lowest BCUT2D eigenvalue weighted by molar-refractivity contribution is -0.141. The summed E-state index contributed by atoms with van der Waals surface area (Å²) in [6.45, 7) is 0. The van der Waals surface area contributed by atoms with Crippen LogP contribution in [-0.2, 0) is 9.53 Å². The first-order valence-electron chi connectivity index (χ1n) is 4.74. The van der Waals surface area contributed by atoms with Crippen molar-refractivity contribution in [3.05, 3.63) is 35.4 Å². The van der Waals surface area contributed by atoms with Gasteiger partial charge in [0.25, 0.3) is 0 Å². The van der Waals surface area contributed by atoms with Crippen molar-refractivity contribution < 1.29 is 23.4 Å². The second kappa shape index (κ2) is 5.55. The van der Waals surface area contributed by atoms with Gasteiger partial charge in [0.05, 0.1) is 13.2 Å². The molecule has 0 spiro atoms. The number of esters is 1. The molecule has 0 aliphatic carbocycles. The molecule has 1 aromatic carbocycles. The van der Waals surface area contributed by atoms with Crippen molar-refractivity contribution in [3.8, 4) is 0 Å². The molecule has 0 unspecified atom stereocenters. The average molecular weight is 230 g/mol. The second-order valence-corrected chi connectivity index (χ2v) is 3.30. The molecule has 0 fully saturated rings. The first-order chi connectivity index (χ1) is 7.54. The van der Waals surface area contributed by atoms with Crippen LogP contribution in [0.15, 0.2) is 18.2 Å². The summed E-state index contributed by atoms with van der Waals surface area (Å²) in [7, 11) is 1.24. The Morgan fingerprint density at radius 2 is 2.12 bits per heavy atom. The molecule has 0 heterocycles. The molecule has 1 N–H and O–H groups in total. The minimum Gasteiger partial charge on any atom is -0.469 e. The fourth-order valence-electron chi connectivity index (χ4n) is 1.24. The largest absolute Gasteiger partial charge is 0.469 e. The summed E-state index contributed by atoms with van der Waals surface area (Å²) in [6.07, 6.45) is -0.872. The third-order valence-electron chi connectivity index (χ3n) is 2.18. The molecule has 5 heteroatoms. The molecule has 16 heavy (non-hydrogen) atoms. The first-order valence-corrected chi connectivity index (χ1v) is 4.74. The molecular weight excluding hydrogens is 218 g/mol. The van der Waals surface area contributed by atoms with Crippen LogP contribution in [0.25, 0.3) is 0 Å². The van der Waals surface area contributed by atoms with Crippen LogP contribution in [0.2, 0.25) is 0 Å². The summed E-state index contributed by atoms with van der Waals surface area (Å²) in [5, 5.41) is 9.58. The van der Waals surface area contributed by atoms with E-state index >= 15 is 0 Å². The highest BCUT2D eigenvalue weighted by atomic mass is 19.2. The van der Waals surface area contributed by atoms with E-state index < -0.39 is 23.7 Å². The normalized spacial score (nSPS) is 12.2. The fraction of sp³-hybridized carbons (Fsp3) is 0.364. The van der Waals surface area contributed by atoms with Gasteiger partial charge in [-0.15, -0.1) is 0 Å². The van der Waals surface area contributed by atoms with Gasteiger partial charge in [0, 0.05) is 6.42 Å². The van der Waals surface area contributed by atoms with Crippen molar-refractivity contribution in [2.45, 2.75) is 18.9 Å². The van der Waals surface area contributed by atoms with Crippen molar-refractivity contribution in [2.24, 2.45) is 0 Å². The van der Waals surface area contributed by atoms with Gasteiger partial charge >= 0.3 is 5.97 Å². The lowest BCUT2D eigenvalue weighted by Crippen LogP contribution is -2.05. The Labute approximate surface area is 91.7 Å². The lowest BCUT2D eigenvalue weighted by atomic mass is 10.0. The number of hydrogen-bond donors (Lipinski definition) is 1. The van der Waals surface area contributed by atoms with Crippen molar-refractivity contribution in [1.82, 2.24) is 0 Å². The maximum Gasteiger partial charge on any atom is 0.305 e. The molecule has 0 saturated carbocycles. The predicted molar refractivity (Wildman–Crippen MR) is 52.6 cm³/mol. The van der Waals surface area contributed by atoms with Crippen molar-refractivity contribution in [1.29, 1.82) is 0 Å². The predicted octanol–water partition coefficient (Wildman–Crippen LogP) is 1.95. The first kappa shape index (κ1) is 12.6. The highest BCUT2D eigenvalue weighted by Gasteiger charge is 2.12. The summed E-state index contributed by atoms with van der Waals surface area (Å²) >= 11 is 0. The highest BCUT2D eigenvalue weighted by molar-refractivity contribution is 5.69. The number of aliphatic hydroxyl groups excluding tert-OH is 1. The SMILES string of the molecule is COC(=O)CC[C@@H](O)c1ccc(F)c(F)c1. The Balaban J connectivity index is 2.62. The Bertz CT molecular complexity index is 379. The van der Waals surface area contributed by atoms with Crippen molar-refractivity contribution in [2.75, 3.05) is 7.11 Å². The molecule has 0 aliphatic heterocycles. The number of rotatable bonds is 4. The Kier molecular flexibility index (Phi) is 4.37. The number of hydrogen-bond acceptors (Lipinski definition) is 3. The summed E-state index contributed by atoms with van der Waals surface area (Å²) in [5.74, 6) is -2.44. The van der Waals surface area contributed by atoms with Crippen LogP contribution in [0.4, 0.5) is 8.78 Å². The van der Waals surface area contributed by atoms with E-state index in [1.807, 2.05) is 0 Å². The van der Waals surface area contributed by atoms with Gasteiger partial charge < -0.3 is 9.84 Å². The zero-order valence-corrected chi connectivity index (χ0v) is 8.74. The van der Waals surface area contributed by atoms with Gasteiger partial charge in [-0.05, 0) is 24.1 Å². The molecule has 1 rings (SSSR count). The quantitative estimate of drug-likeness (QED) is 0.804. The monoisotopic (exact) mass is 230 g/mol. The van der Waals surface area contributed by atoms with Gasteiger partial charge in [-0.2, -0.15) is 0 Å². The van der Waals surface area contributed by atoms with Crippen molar-refractivity contribution in [3.63, 3.8) is 0 Å². The van der Waals surface area contributed by atoms with E-state index in [0.29, 0.717) is 0 Å². The number of benzene rings is 1. The topological polar surface area (TPSA) is 46.5 Å². The van der Waals surface area contributed by atoms with Crippen LogP contribution in [-0.4, -0.2) is 18.2 Å². The number of ether oxygens (including phenoxy) is 1. The molecule has 0 bridgehead atoms. The minimum absolute atomic E-state index is 0.0245. The maximum atomic E-state index is 12.8. The van der Waals surface area contributed by atoms with E-state index in [9.17, 15) is 18.7 Å². The van der Waals surface area contributed by atoms with E-state index in [0.717, 1.165) is 12.1 Å². The second-order valence-electron chi connectivity index (χ2n) is 3.30. The molecule has 0 amide bonds. The molecular formula is C11H12F2O3. The van der Waals surface area contributed by atoms with Gasteiger partial charge in [0.1, 0.15) is 0 Å². The Morgan fingerprint density at radius 1 is 1.44 bits per heavy atom. The summed E-state index contributed by atoms with van der Waals surface area (Å²) in [5.41, 5.74) is 0.239. The van der Waals surface area contributed by atoms with Gasteiger partial charge in [0.15, 0.2) is 11.6 Å². The third-order valence-corrected chi connectivity index (χ3v) is 2.18. The molecule has 0 aliphatic rings. The molecule has 0 aromatic heterocycles. The molecule has 0 radical (unpaired) electrons. The Hall–Kier alpha value is -1.49. The van der Waals surface area contributed by atoms with Crippen LogP contribution >= 0.6 is 0 Å². The number of carbonyl (C=O) groups excluding carboxylic acids is 1. The van der Waals surface area contributed by atoms with Gasteiger partial charge in [0.2, 0.25) is 0 Å². The Morgan fingerprint density at radius 3 is 2.69 bits per heavy atom. The zero-order chi connectivity index (χ0) is 12.1. The van der Waals surface area contributed by atoms with E-state index in [1.165, 1.54) is 13.2 Å². The van der Waals surface area contributed by atoms with Crippen LogP contribution in [0.5, 0.6) is 0 Å². The minimum atomic E-state index is -1.02. The van der Waals surface area contributed by atoms with Gasteiger partial charge in [-0.3, -0.25) is 4.79 Å². The standard InChI is InChI=1S/C11H12F2O3/c1-16-11(15)5-4-10(14)7-2-3-8(12)9(13)6-7/h2-3,6,10,14H,4-5H2,1H3/t10-/m1/s1. The molecule has 1 aromatic rings. The van der Waals surface area contributed by atoms with Crippen LogP contribution in [0.1, 0.15) is 24.5 Å². The number of halogens is 2.